The van der Waals surface area contributed by atoms with Gasteiger partial charge >= 0.3 is 0 Å². The molecule has 1 amide bonds. The number of aliphatic hydroxyl groups excluding tert-OH is 1. The molecule has 1 atom stereocenters. The average molecular weight is 334 g/mol. The third kappa shape index (κ3) is 4.09. The number of carbonyl (C=O) groups excluding carboxylic acids is 1. The van der Waals surface area contributed by atoms with Crippen LogP contribution in [0.25, 0.3) is 10.2 Å². The number of rotatable bonds is 8. The van der Waals surface area contributed by atoms with E-state index in [1.807, 2.05) is 25.1 Å². The van der Waals surface area contributed by atoms with Gasteiger partial charge in [0, 0.05) is 19.1 Å². The molecule has 0 saturated heterocycles. The number of para-hydroxylation sites is 1. The average Bonchev–Trinajstić information content (AvgIpc) is 2.94. The minimum atomic E-state index is -0.433. The number of benzene rings is 1. The van der Waals surface area contributed by atoms with Crippen LogP contribution in [0.5, 0.6) is 0 Å². The number of hydrogen-bond donors (Lipinski definition) is 2. The first-order valence-corrected chi connectivity index (χ1v) is 9.12. The highest BCUT2D eigenvalue weighted by Gasteiger charge is 2.36. The third-order valence-corrected chi connectivity index (χ3v) is 5.64. The number of carbonyl (C=O) groups is 1. The molecule has 0 unspecified atom stereocenters. The SMILES string of the molecule is CCC(CC)(Cc1nc2ccccc2s1)C(=O)N[C@H](C)CCO. The summed E-state index contributed by atoms with van der Waals surface area (Å²) in [6, 6.07) is 8.07. The van der Waals surface area contributed by atoms with E-state index in [0.717, 1.165) is 28.1 Å². The minimum Gasteiger partial charge on any atom is -0.396 e. The number of nitrogens with one attached hydrogen (secondary N) is 1. The van der Waals surface area contributed by atoms with Crippen molar-refractivity contribution in [3.8, 4) is 0 Å². The third-order valence-electron chi connectivity index (χ3n) is 4.60. The fourth-order valence-corrected chi connectivity index (χ4v) is 3.94. The molecular weight excluding hydrogens is 308 g/mol. The quantitative estimate of drug-likeness (QED) is 0.776. The summed E-state index contributed by atoms with van der Waals surface area (Å²) < 4.78 is 1.16. The first kappa shape index (κ1) is 17.9. The lowest BCUT2D eigenvalue weighted by Gasteiger charge is -2.31. The Morgan fingerprint density at radius 1 is 1.35 bits per heavy atom. The van der Waals surface area contributed by atoms with E-state index in [1.54, 1.807) is 11.3 Å². The Hall–Kier alpha value is -1.46. The fourth-order valence-electron chi connectivity index (χ4n) is 2.83. The van der Waals surface area contributed by atoms with Crippen LogP contribution in [0.15, 0.2) is 24.3 Å². The van der Waals surface area contributed by atoms with Crippen LogP contribution < -0.4 is 5.32 Å². The van der Waals surface area contributed by atoms with Crippen molar-refractivity contribution in [2.45, 2.75) is 52.5 Å². The number of nitrogens with zero attached hydrogens (tertiary/aromatic N) is 1. The molecule has 2 aromatic rings. The lowest BCUT2D eigenvalue weighted by atomic mass is 9.78. The van der Waals surface area contributed by atoms with Crippen molar-refractivity contribution < 1.29 is 9.90 Å². The minimum absolute atomic E-state index is 0.0136. The summed E-state index contributed by atoms with van der Waals surface area (Å²) in [5, 5.41) is 13.1. The maximum Gasteiger partial charge on any atom is 0.226 e. The van der Waals surface area contributed by atoms with Gasteiger partial charge in [-0.15, -0.1) is 11.3 Å². The molecule has 1 heterocycles. The maximum atomic E-state index is 12.8. The second kappa shape index (κ2) is 7.88. The lowest BCUT2D eigenvalue weighted by Crippen LogP contribution is -2.45. The summed E-state index contributed by atoms with van der Waals surface area (Å²) in [6.07, 6.45) is 2.79. The van der Waals surface area contributed by atoms with E-state index < -0.39 is 5.41 Å². The van der Waals surface area contributed by atoms with Gasteiger partial charge in [0.1, 0.15) is 0 Å². The van der Waals surface area contributed by atoms with Crippen LogP contribution in [-0.2, 0) is 11.2 Å². The molecule has 23 heavy (non-hydrogen) atoms. The number of aromatic nitrogens is 1. The molecule has 0 bridgehead atoms. The predicted molar refractivity (Wildman–Crippen MR) is 95.6 cm³/mol. The molecule has 126 valence electrons. The van der Waals surface area contributed by atoms with Crippen molar-refractivity contribution >= 4 is 27.5 Å². The molecule has 1 aromatic carbocycles. The number of amides is 1. The first-order valence-electron chi connectivity index (χ1n) is 8.31. The Balaban J connectivity index is 2.20. The van der Waals surface area contributed by atoms with Crippen LogP contribution in [0.3, 0.4) is 0 Å². The van der Waals surface area contributed by atoms with E-state index in [0.29, 0.717) is 12.8 Å². The van der Waals surface area contributed by atoms with Crippen molar-refractivity contribution in [2.24, 2.45) is 5.41 Å². The zero-order valence-electron chi connectivity index (χ0n) is 14.1. The lowest BCUT2D eigenvalue weighted by molar-refractivity contribution is -0.132. The second-order valence-electron chi connectivity index (χ2n) is 6.13. The molecule has 2 N–H and O–H groups in total. The Morgan fingerprint density at radius 3 is 2.65 bits per heavy atom. The first-order chi connectivity index (χ1) is 11.0. The van der Waals surface area contributed by atoms with E-state index in [2.05, 4.69) is 30.2 Å². The molecule has 0 fully saturated rings. The molecular formula is C18H26N2O2S. The number of thiazole rings is 1. The summed E-state index contributed by atoms with van der Waals surface area (Å²) >= 11 is 1.67. The standard InChI is InChI=1S/C18H26N2O2S/c1-4-18(5-2,17(22)19-13(3)10-11-21)12-16-20-14-8-6-7-9-15(14)23-16/h6-9,13,21H,4-5,10-12H2,1-3H3,(H,19,22)/t13-/m1/s1. The van der Waals surface area contributed by atoms with Gasteiger partial charge in [-0.1, -0.05) is 26.0 Å². The Kier molecular flexibility index (Phi) is 6.13. The van der Waals surface area contributed by atoms with Crippen LogP contribution in [-0.4, -0.2) is 28.6 Å². The molecule has 0 radical (unpaired) electrons. The van der Waals surface area contributed by atoms with Gasteiger partial charge in [-0.2, -0.15) is 0 Å². The molecule has 0 saturated carbocycles. The molecule has 5 heteroatoms. The smallest absolute Gasteiger partial charge is 0.226 e. The largest absolute Gasteiger partial charge is 0.396 e. The van der Waals surface area contributed by atoms with E-state index in [1.165, 1.54) is 0 Å². The monoisotopic (exact) mass is 334 g/mol. The number of aliphatic hydroxyl groups is 1. The second-order valence-corrected chi connectivity index (χ2v) is 7.24. The zero-order chi connectivity index (χ0) is 16.9. The topological polar surface area (TPSA) is 62.2 Å². The normalized spacial score (nSPS) is 13.2. The van der Waals surface area contributed by atoms with Crippen molar-refractivity contribution in [2.75, 3.05) is 6.61 Å². The van der Waals surface area contributed by atoms with Gasteiger partial charge < -0.3 is 10.4 Å². The molecule has 1 aromatic heterocycles. The summed E-state index contributed by atoms with van der Waals surface area (Å²) in [6.45, 7) is 6.15. The summed E-state index contributed by atoms with van der Waals surface area (Å²) in [5.41, 5.74) is 0.570. The highest BCUT2D eigenvalue weighted by atomic mass is 32.1. The van der Waals surface area contributed by atoms with Gasteiger partial charge in [-0.3, -0.25) is 4.79 Å². The van der Waals surface area contributed by atoms with E-state index >= 15 is 0 Å². The Morgan fingerprint density at radius 2 is 2.04 bits per heavy atom. The summed E-state index contributed by atoms with van der Waals surface area (Å²) in [7, 11) is 0. The molecule has 0 aliphatic heterocycles. The van der Waals surface area contributed by atoms with Gasteiger partial charge in [-0.05, 0) is 38.3 Å². The van der Waals surface area contributed by atoms with Gasteiger partial charge in [0.05, 0.1) is 20.6 Å². The Labute approximate surface area is 141 Å². The van der Waals surface area contributed by atoms with Gasteiger partial charge in [0.15, 0.2) is 0 Å². The van der Waals surface area contributed by atoms with Crippen molar-refractivity contribution in [3.05, 3.63) is 29.3 Å². The maximum absolute atomic E-state index is 12.8. The van der Waals surface area contributed by atoms with Crippen molar-refractivity contribution in [3.63, 3.8) is 0 Å². The zero-order valence-corrected chi connectivity index (χ0v) is 14.9. The van der Waals surface area contributed by atoms with Gasteiger partial charge in [0.2, 0.25) is 5.91 Å². The van der Waals surface area contributed by atoms with Crippen molar-refractivity contribution in [1.82, 2.24) is 10.3 Å². The van der Waals surface area contributed by atoms with Crippen molar-refractivity contribution in [1.29, 1.82) is 0 Å². The van der Waals surface area contributed by atoms with Crippen LogP contribution in [0, 0.1) is 5.41 Å². The summed E-state index contributed by atoms with van der Waals surface area (Å²) in [4.78, 5) is 17.5. The number of fused-ring (bicyclic) bond motifs is 1. The van der Waals surface area contributed by atoms with Crippen LogP contribution in [0.1, 0.15) is 45.0 Å². The van der Waals surface area contributed by atoms with Gasteiger partial charge in [-0.25, -0.2) is 4.98 Å². The predicted octanol–water partition coefficient (Wildman–Crippen LogP) is 3.53. The highest BCUT2D eigenvalue weighted by Crippen LogP contribution is 2.34. The van der Waals surface area contributed by atoms with Gasteiger partial charge in [0.25, 0.3) is 0 Å². The van der Waals surface area contributed by atoms with E-state index in [9.17, 15) is 4.79 Å². The number of hydrogen-bond acceptors (Lipinski definition) is 4. The molecule has 2 rings (SSSR count). The van der Waals surface area contributed by atoms with Crippen LogP contribution >= 0.6 is 11.3 Å². The van der Waals surface area contributed by atoms with Crippen LogP contribution in [0.2, 0.25) is 0 Å². The Bertz CT molecular complexity index is 616. The highest BCUT2D eigenvalue weighted by molar-refractivity contribution is 7.18. The molecule has 0 aliphatic carbocycles. The van der Waals surface area contributed by atoms with E-state index in [-0.39, 0.29) is 18.6 Å². The van der Waals surface area contributed by atoms with Crippen LogP contribution in [0.4, 0.5) is 0 Å². The molecule has 0 spiro atoms. The molecule has 0 aliphatic rings. The fraction of sp³-hybridized carbons (Fsp3) is 0.556. The molecule has 4 nitrogen and oxygen atoms in total. The summed E-state index contributed by atoms with van der Waals surface area (Å²) in [5.74, 6) is 0.0720. The van der Waals surface area contributed by atoms with E-state index in [4.69, 9.17) is 5.11 Å².